The lowest BCUT2D eigenvalue weighted by molar-refractivity contribution is 0.261. The van der Waals surface area contributed by atoms with Crippen LogP contribution in [0.4, 0.5) is 0 Å². The molecule has 0 saturated heterocycles. The molecular formula is C16H26N2. The lowest BCUT2D eigenvalue weighted by Gasteiger charge is -2.31. The highest BCUT2D eigenvalue weighted by Crippen LogP contribution is 2.28. The van der Waals surface area contributed by atoms with Crippen LogP contribution >= 0.6 is 0 Å². The van der Waals surface area contributed by atoms with Gasteiger partial charge in [0.15, 0.2) is 0 Å². The number of nitrogens with zero attached hydrogens (tertiary/aromatic N) is 1. The molecule has 1 aromatic heterocycles. The van der Waals surface area contributed by atoms with Gasteiger partial charge >= 0.3 is 0 Å². The highest BCUT2D eigenvalue weighted by Gasteiger charge is 2.22. The molecule has 1 aliphatic carbocycles. The fourth-order valence-corrected chi connectivity index (χ4v) is 3.17. The number of hydrogen-bond acceptors (Lipinski definition) is 2. The van der Waals surface area contributed by atoms with Gasteiger partial charge in [-0.25, -0.2) is 0 Å². The first kappa shape index (κ1) is 13.5. The van der Waals surface area contributed by atoms with E-state index in [-0.39, 0.29) is 0 Å². The average Bonchev–Trinajstić information content (AvgIpc) is 2.45. The van der Waals surface area contributed by atoms with E-state index in [9.17, 15) is 0 Å². The minimum Gasteiger partial charge on any atom is -0.314 e. The molecular weight excluding hydrogens is 220 g/mol. The summed E-state index contributed by atoms with van der Waals surface area (Å²) in [4.78, 5) is 4.20. The van der Waals surface area contributed by atoms with Gasteiger partial charge in [-0.3, -0.25) is 4.98 Å². The summed E-state index contributed by atoms with van der Waals surface area (Å²) in [5, 5.41) is 3.70. The highest BCUT2D eigenvalue weighted by molar-refractivity contribution is 5.08. The number of rotatable bonds is 6. The van der Waals surface area contributed by atoms with Gasteiger partial charge < -0.3 is 5.32 Å². The van der Waals surface area contributed by atoms with Gasteiger partial charge in [-0.15, -0.1) is 0 Å². The topological polar surface area (TPSA) is 24.9 Å². The SMILES string of the molecule is CCNC(CCc1cccnc1)C1CCCCC1. The summed E-state index contributed by atoms with van der Waals surface area (Å²) in [5.74, 6) is 0.898. The third kappa shape index (κ3) is 4.09. The van der Waals surface area contributed by atoms with Crippen LogP contribution in [0, 0.1) is 5.92 Å². The van der Waals surface area contributed by atoms with Crippen LogP contribution in [0.25, 0.3) is 0 Å². The Balaban J connectivity index is 1.85. The first-order valence-electron chi connectivity index (χ1n) is 7.52. The summed E-state index contributed by atoms with van der Waals surface area (Å²) in [6.07, 6.45) is 13.4. The van der Waals surface area contributed by atoms with Gasteiger partial charge in [0.05, 0.1) is 0 Å². The standard InChI is InChI=1S/C16H26N2/c1-2-18-16(15-8-4-3-5-9-15)11-10-14-7-6-12-17-13-14/h6-7,12-13,15-16,18H,2-5,8-11H2,1H3. The average molecular weight is 246 g/mol. The Kier molecular flexibility index (Phi) is 5.66. The van der Waals surface area contributed by atoms with Crippen molar-refractivity contribution in [2.45, 2.75) is 57.9 Å². The first-order valence-corrected chi connectivity index (χ1v) is 7.52. The lowest BCUT2D eigenvalue weighted by Crippen LogP contribution is -2.37. The van der Waals surface area contributed by atoms with Gasteiger partial charge in [0.25, 0.3) is 0 Å². The Morgan fingerprint density at radius 3 is 2.83 bits per heavy atom. The van der Waals surface area contributed by atoms with Crippen LogP contribution in [-0.2, 0) is 6.42 Å². The van der Waals surface area contributed by atoms with Crippen molar-refractivity contribution < 1.29 is 0 Å². The van der Waals surface area contributed by atoms with E-state index in [1.165, 1.54) is 44.1 Å². The van der Waals surface area contributed by atoms with Crippen molar-refractivity contribution in [3.63, 3.8) is 0 Å². The van der Waals surface area contributed by atoms with E-state index in [1.54, 1.807) is 0 Å². The zero-order chi connectivity index (χ0) is 12.6. The van der Waals surface area contributed by atoms with Gasteiger partial charge in [-0.1, -0.05) is 32.3 Å². The van der Waals surface area contributed by atoms with Crippen LogP contribution in [-0.4, -0.2) is 17.6 Å². The highest BCUT2D eigenvalue weighted by atomic mass is 14.9. The molecule has 1 atom stereocenters. The van der Waals surface area contributed by atoms with Crippen LogP contribution in [0.1, 0.15) is 51.0 Å². The number of aromatic nitrogens is 1. The molecule has 1 unspecified atom stereocenters. The fourth-order valence-electron chi connectivity index (χ4n) is 3.17. The minimum atomic E-state index is 0.704. The summed E-state index contributed by atoms with van der Waals surface area (Å²) in [5.41, 5.74) is 1.37. The second-order valence-corrected chi connectivity index (χ2v) is 5.46. The second-order valence-electron chi connectivity index (χ2n) is 5.46. The third-order valence-corrected chi connectivity index (χ3v) is 4.15. The molecule has 1 fully saturated rings. The number of nitrogens with one attached hydrogen (secondary N) is 1. The maximum absolute atomic E-state index is 4.20. The van der Waals surface area contributed by atoms with Crippen LogP contribution < -0.4 is 5.32 Å². The Hall–Kier alpha value is -0.890. The van der Waals surface area contributed by atoms with Gasteiger partial charge in [-0.05, 0) is 49.8 Å². The minimum absolute atomic E-state index is 0.704. The summed E-state index contributed by atoms with van der Waals surface area (Å²) in [6, 6.07) is 4.94. The van der Waals surface area contributed by atoms with Crippen LogP contribution in [0.3, 0.4) is 0 Å². The Morgan fingerprint density at radius 2 is 2.17 bits per heavy atom. The summed E-state index contributed by atoms with van der Waals surface area (Å²) in [7, 11) is 0. The van der Waals surface area contributed by atoms with Crippen LogP contribution in [0.5, 0.6) is 0 Å². The van der Waals surface area contributed by atoms with E-state index in [2.05, 4.69) is 23.3 Å². The normalized spacial score (nSPS) is 18.7. The van der Waals surface area contributed by atoms with Crippen molar-refractivity contribution in [3.8, 4) is 0 Å². The Bertz CT molecular complexity index is 317. The number of aryl methyl sites for hydroxylation is 1. The Labute approximate surface area is 111 Å². The van der Waals surface area contributed by atoms with Crippen molar-refractivity contribution in [1.29, 1.82) is 0 Å². The largest absolute Gasteiger partial charge is 0.314 e. The monoisotopic (exact) mass is 246 g/mol. The second kappa shape index (κ2) is 7.52. The van der Waals surface area contributed by atoms with Crippen molar-refractivity contribution in [2.24, 2.45) is 5.92 Å². The maximum atomic E-state index is 4.20. The zero-order valence-corrected chi connectivity index (χ0v) is 11.6. The maximum Gasteiger partial charge on any atom is 0.0299 e. The predicted octanol–water partition coefficient (Wildman–Crippen LogP) is 3.57. The van der Waals surface area contributed by atoms with E-state index in [0.717, 1.165) is 18.9 Å². The molecule has 0 radical (unpaired) electrons. The molecule has 0 bridgehead atoms. The molecule has 0 aromatic carbocycles. The smallest absolute Gasteiger partial charge is 0.0299 e. The number of hydrogen-bond donors (Lipinski definition) is 1. The molecule has 1 saturated carbocycles. The molecule has 1 aromatic rings. The van der Waals surface area contributed by atoms with Crippen molar-refractivity contribution in [1.82, 2.24) is 10.3 Å². The third-order valence-electron chi connectivity index (χ3n) is 4.15. The van der Waals surface area contributed by atoms with Gasteiger partial charge in [0.1, 0.15) is 0 Å². The molecule has 0 amide bonds. The summed E-state index contributed by atoms with van der Waals surface area (Å²) in [6.45, 7) is 3.31. The van der Waals surface area contributed by atoms with Crippen molar-refractivity contribution in [3.05, 3.63) is 30.1 Å². The first-order chi connectivity index (χ1) is 8.90. The molecule has 1 N–H and O–H groups in total. The predicted molar refractivity (Wildman–Crippen MR) is 76.6 cm³/mol. The van der Waals surface area contributed by atoms with Crippen LogP contribution in [0.15, 0.2) is 24.5 Å². The van der Waals surface area contributed by atoms with Gasteiger partial charge in [0, 0.05) is 18.4 Å². The quantitative estimate of drug-likeness (QED) is 0.830. The van der Waals surface area contributed by atoms with Gasteiger partial charge in [0.2, 0.25) is 0 Å². The van der Waals surface area contributed by atoms with Crippen LogP contribution in [0.2, 0.25) is 0 Å². The molecule has 2 rings (SSSR count). The molecule has 2 nitrogen and oxygen atoms in total. The zero-order valence-electron chi connectivity index (χ0n) is 11.6. The molecule has 0 aliphatic heterocycles. The molecule has 2 heteroatoms. The van der Waals surface area contributed by atoms with E-state index in [1.807, 2.05) is 18.5 Å². The summed E-state index contributed by atoms with van der Waals surface area (Å²) < 4.78 is 0. The van der Waals surface area contributed by atoms with Crippen molar-refractivity contribution >= 4 is 0 Å². The molecule has 18 heavy (non-hydrogen) atoms. The van der Waals surface area contributed by atoms with E-state index >= 15 is 0 Å². The molecule has 1 aliphatic rings. The lowest BCUT2D eigenvalue weighted by atomic mass is 9.82. The summed E-state index contributed by atoms with van der Waals surface area (Å²) >= 11 is 0. The molecule has 1 heterocycles. The van der Waals surface area contributed by atoms with Crippen molar-refractivity contribution in [2.75, 3.05) is 6.54 Å². The molecule has 0 spiro atoms. The molecule has 100 valence electrons. The van der Waals surface area contributed by atoms with Gasteiger partial charge in [-0.2, -0.15) is 0 Å². The van der Waals surface area contributed by atoms with E-state index in [4.69, 9.17) is 0 Å². The Morgan fingerprint density at radius 1 is 1.33 bits per heavy atom. The van der Waals surface area contributed by atoms with E-state index < -0.39 is 0 Å². The number of pyridine rings is 1. The fraction of sp³-hybridized carbons (Fsp3) is 0.688. The van der Waals surface area contributed by atoms with E-state index in [0.29, 0.717) is 6.04 Å².